The Kier molecular flexibility index (Phi) is 2.07. The van der Waals surface area contributed by atoms with Gasteiger partial charge in [-0.05, 0) is 33.9 Å². The zero-order chi connectivity index (χ0) is 10.2. The predicted molar refractivity (Wildman–Crippen MR) is 61.5 cm³/mol. The van der Waals surface area contributed by atoms with Gasteiger partial charge < -0.3 is 0 Å². The van der Waals surface area contributed by atoms with Crippen molar-refractivity contribution < 1.29 is 0 Å². The van der Waals surface area contributed by atoms with Gasteiger partial charge in [0, 0.05) is 0 Å². The molecular formula is C14H15. The summed E-state index contributed by atoms with van der Waals surface area (Å²) in [5.74, 6) is 0. The Labute approximate surface area is 85.6 Å². The summed E-state index contributed by atoms with van der Waals surface area (Å²) in [6.45, 7) is 6.68. The van der Waals surface area contributed by atoms with Crippen molar-refractivity contribution in [3.8, 4) is 0 Å². The Morgan fingerprint density at radius 2 is 1.79 bits per heavy atom. The number of hydrogen-bond donors (Lipinski definition) is 0. The zero-order valence-corrected chi connectivity index (χ0v) is 8.96. The van der Waals surface area contributed by atoms with Crippen LogP contribution in [0.2, 0.25) is 0 Å². The SMILES string of the molecule is CC(C)(C)c1c[c]c2ccccc2c1. The Morgan fingerprint density at radius 3 is 2.50 bits per heavy atom. The highest BCUT2D eigenvalue weighted by Crippen LogP contribution is 2.25. The molecule has 0 saturated carbocycles. The molecule has 0 unspecified atom stereocenters. The summed E-state index contributed by atoms with van der Waals surface area (Å²) in [5, 5.41) is 2.47. The highest BCUT2D eigenvalue weighted by atomic mass is 14.2. The summed E-state index contributed by atoms with van der Waals surface area (Å²) in [7, 11) is 0. The fraction of sp³-hybridized carbons (Fsp3) is 0.286. The maximum Gasteiger partial charge on any atom is -0.00961 e. The van der Waals surface area contributed by atoms with E-state index < -0.39 is 0 Å². The van der Waals surface area contributed by atoms with Crippen molar-refractivity contribution in [1.29, 1.82) is 0 Å². The Balaban J connectivity index is 2.63. The van der Waals surface area contributed by atoms with Crippen LogP contribution in [0.1, 0.15) is 26.3 Å². The van der Waals surface area contributed by atoms with E-state index in [0.717, 1.165) is 0 Å². The van der Waals surface area contributed by atoms with Gasteiger partial charge >= 0.3 is 0 Å². The first-order valence-electron chi connectivity index (χ1n) is 4.98. The van der Waals surface area contributed by atoms with Crippen LogP contribution in [0, 0.1) is 6.07 Å². The number of benzene rings is 2. The van der Waals surface area contributed by atoms with Gasteiger partial charge in [0.25, 0.3) is 0 Å². The third kappa shape index (κ3) is 1.65. The smallest absolute Gasteiger partial charge is 0.00961 e. The van der Waals surface area contributed by atoms with E-state index in [2.05, 4.69) is 63.2 Å². The quantitative estimate of drug-likeness (QED) is 0.580. The van der Waals surface area contributed by atoms with Gasteiger partial charge in [-0.3, -0.25) is 0 Å². The van der Waals surface area contributed by atoms with Gasteiger partial charge in [-0.2, -0.15) is 0 Å². The fourth-order valence-electron chi connectivity index (χ4n) is 1.55. The topological polar surface area (TPSA) is 0 Å². The lowest BCUT2D eigenvalue weighted by atomic mass is 9.86. The second-order valence-corrected chi connectivity index (χ2v) is 4.73. The van der Waals surface area contributed by atoms with Crippen molar-refractivity contribution in [3.05, 3.63) is 48.0 Å². The molecule has 0 spiro atoms. The summed E-state index contributed by atoms with van der Waals surface area (Å²) < 4.78 is 0. The first kappa shape index (κ1) is 9.26. The predicted octanol–water partition coefficient (Wildman–Crippen LogP) is 3.94. The normalized spacial score (nSPS) is 11.9. The van der Waals surface area contributed by atoms with Gasteiger partial charge in [0.05, 0.1) is 0 Å². The second kappa shape index (κ2) is 3.13. The lowest BCUT2D eigenvalue weighted by Crippen LogP contribution is -2.10. The summed E-state index contributed by atoms with van der Waals surface area (Å²) >= 11 is 0. The molecule has 14 heavy (non-hydrogen) atoms. The van der Waals surface area contributed by atoms with Crippen LogP contribution in [0.5, 0.6) is 0 Å². The molecule has 0 N–H and O–H groups in total. The maximum absolute atomic E-state index is 3.33. The third-order valence-corrected chi connectivity index (χ3v) is 2.52. The summed E-state index contributed by atoms with van der Waals surface area (Å²) in [5.41, 5.74) is 1.55. The first-order valence-corrected chi connectivity index (χ1v) is 4.98. The molecule has 0 nitrogen and oxygen atoms in total. The van der Waals surface area contributed by atoms with E-state index in [1.54, 1.807) is 0 Å². The average Bonchev–Trinajstić information content (AvgIpc) is 2.16. The van der Waals surface area contributed by atoms with Gasteiger partial charge in [-0.1, -0.05) is 51.1 Å². The molecule has 0 heterocycles. The van der Waals surface area contributed by atoms with E-state index in [1.807, 2.05) is 0 Å². The highest BCUT2D eigenvalue weighted by molar-refractivity contribution is 5.82. The van der Waals surface area contributed by atoms with E-state index in [0.29, 0.717) is 0 Å². The van der Waals surface area contributed by atoms with Crippen LogP contribution in [0.3, 0.4) is 0 Å². The molecule has 0 aromatic heterocycles. The molecule has 2 aromatic rings. The van der Waals surface area contributed by atoms with E-state index in [9.17, 15) is 0 Å². The molecule has 0 fully saturated rings. The molecule has 2 rings (SSSR count). The van der Waals surface area contributed by atoms with Gasteiger partial charge in [-0.15, -0.1) is 0 Å². The molecule has 0 amide bonds. The van der Waals surface area contributed by atoms with Crippen molar-refractivity contribution >= 4 is 10.8 Å². The van der Waals surface area contributed by atoms with Gasteiger partial charge in [0.1, 0.15) is 0 Å². The molecule has 0 aliphatic carbocycles. The number of hydrogen-bond acceptors (Lipinski definition) is 0. The number of fused-ring (bicyclic) bond motifs is 1. The molecule has 1 radical (unpaired) electrons. The largest absolute Gasteiger partial charge is 0.0616 e. The standard InChI is InChI=1S/C14H15/c1-14(2,3)13-9-8-11-6-4-5-7-12(11)10-13/h4-7,9-10H,1-3H3. The van der Waals surface area contributed by atoms with Crippen LogP contribution in [0.4, 0.5) is 0 Å². The molecule has 0 heteroatoms. The Bertz CT molecular complexity index is 447. The summed E-state index contributed by atoms with van der Waals surface area (Å²) in [6, 6.07) is 16.0. The second-order valence-electron chi connectivity index (χ2n) is 4.73. The molecular weight excluding hydrogens is 168 g/mol. The summed E-state index contributed by atoms with van der Waals surface area (Å²) in [6.07, 6.45) is 0. The van der Waals surface area contributed by atoms with E-state index in [1.165, 1.54) is 16.3 Å². The number of rotatable bonds is 0. The van der Waals surface area contributed by atoms with E-state index >= 15 is 0 Å². The van der Waals surface area contributed by atoms with Crippen LogP contribution < -0.4 is 0 Å². The van der Waals surface area contributed by atoms with Gasteiger partial charge in [0.2, 0.25) is 0 Å². The molecule has 0 saturated heterocycles. The van der Waals surface area contributed by atoms with Crippen molar-refractivity contribution in [1.82, 2.24) is 0 Å². The van der Waals surface area contributed by atoms with E-state index in [4.69, 9.17) is 0 Å². The van der Waals surface area contributed by atoms with Crippen LogP contribution >= 0.6 is 0 Å². The molecule has 2 aromatic carbocycles. The minimum absolute atomic E-state index is 0.209. The molecule has 0 bridgehead atoms. The average molecular weight is 183 g/mol. The minimum atomic E-state index is 0.209. The summed E-state index contributed by atoms with van der Waals surface area (Å²) in [4.78, 5) is 0. The maximum atomic E-state index is 3.33. The van der Waals surface area contributed by atoms with Crippen LogP contribution in [-0.4, -0.2) is 0 Å². The molecule has 0 aliphatic rings. The van der Waals surface area contributed by atoms with Crippen LogP contribution in [0.15, 0.2) is 36.4 Å². The zero-order valence-electron chi connectivity index (χ0n) is 8.96. The van der Waals surface area contributed by atoms with Gasteiger partial charge in [0.15, 0.2) is 0 Å². The molecule has 0 atom stereocenters. The first-order chi connectivity index (χ1) is 6.57. The van der Waals surface area contributed by atoms with Crippen LogP contribution in [-0.2, 0) is 5.41 Å². The molecule has 71 valence electrons. The van der Waals surface area contributed by atoms with Crippen molar-refractivity contribution in [2.45, 2.75) is 26.2 Å². The third-order valence-electron chi connectivity index (χ3n) is 2.52. The van der Waals surface area contributed by atoms with Crippen LogP contribution in [0.25, 0.3) is 10.8 Å². The highest BCUT2D eigenvalue weighted by Gasteiger charge is 2.13. The van der Waals surface area contributed by atoms with Crippen molar-refractivity contribution in [2.75, 3.05) is 0 Å². The van der Waals surface area contributed by atoms with Crippen molar-refractivity contribution in [2.24, 2.45) is 0 Å². The lowest BCUT2D eigenvalue weighted by Gasteiger charge is -2.19. The molecule has 0 aliphatic heterocycles. The van der Waals surface area contributed by atoms with E-state index in [-0.39, 0.29) is 5.41 Å². The van der Waals surface area contributed by atoms with Gasteiger partial charge in [-0.25, -0.2) is 0 Å². The monoisotopic (exact) mass is 183 g/mol. The lowest BCUT2D eigenvalue weighted by molar-refractivity contribution is 0.591. The fourth-order valence-corrected chi connectivity index (χ4v) is 1.55. The Hall–Kier alpha value is -1.30. The Morgan fingerprint density at radius 1 is 1.07 bits per heavy atom. The minimum Gasteiger partial charge on any atom is -0.0616 e. The van der Waals surface area contributed by atoms with Crippen molar-refractivity contribution in [3.63, 3.8) is 0 Å².